The number of methoxy groups -OCH3 is 1. The minimum Gasteiger partial charge on any atom is -0.493 e. The number of nitrogens with zero attached hydrogens (tertiary/aromatic N) is 3. The summed E-state index contributed by atoms with van der Waals surface area (Å²) in [5, 5.41) is 4.38. The molecule has 2 heterocycles. The monoisotopic (exact) mass is 268 g/mol. The van der Waals surface area contributed by atoms with Gasteiger partial charge in [0.15, 0.2) is 5.75 Å². The molecule has 19 heavy (non-hydrogen) atoms. The highest BCUT2D eigenvalue weighted by atomic mass is 16.5. The van der Waals surface area contributed by atoms with Crippen molar-refractivity contribution < 1.29 is 9.47 Å². The summed E-state index contributed by atoms with van der Waals surface area (Å²) in [5.74, 6) is 0.752. The van der Waals surface area contributed by atoms with Gasteiger partial charge in [0.05, 0.1) is 37.7 Å². The second kappa shape index (κ2) is 6.36. The van der Waals surface area contributed by atoms with E-state index in [-0.39, 0.29) is 12.1 Å². The molecular weight excluding hydrogens is 244 g/mol. The summed E-state index contributed by atoms with van der Waals surface area (Å²) in [6, 6.07) is -0.179. The topological polar surface area (TPSA) is 65.5 Å². The van der Waals surface area contributed by atoms with Crippen molar-refractivity contribution in [2.75, 3.05) is 34.4 Å². The molecule has 1 aromatic rings. The first-order chi connectivity index (χ1) is 9.13. The van der Waals surface area contributed by atoms with Crippen molar-refractivity contribution in [3.8, 4) is 5.75 Å². The molecule has 0 saturated carbocycles. The lowest BCUT2D eigenvalue weighted by Crippen LogP contribution is -2.30. The normalized spacial score (nSPS) is 21.0. The third kappa shape index (κ3) is 3.26. The molecule has 1 aliphatic heterocycles. The molecule has 0 bridgehead atoms. The van der Waals surface area contributed by atoms with Crippen molar-refractivity contribution >= 4 is 0 Å². The zero-order valence-electron chi connectivity index (χ0n) is 12.0. The summed E-state index contributed by atoms with van der Waals surface area (Å²) in [6.45, 7) is 2.51. The number of hydrogen-bond donors (Lipinski definition) is 1. The summed E-state index contributed by atoms with van der Waals surface area (Å²) in [7, 11) is 5.74. The Kier molecular flexibility index (Phi) is 4.79. The minimum absolute atomic E-state index is 0.0729. The van der Waals surface area contributed by atoms with E-state index in [1.165, 1.54) is 0 Å². The molecule has 1 aliphatic rings. The van der Waals surface area contributed by atoms with Crippen molar-refractivity contribution in [2.45, 2.75) is 31.5 Å². The van der Waals surface area contributed by atoms with Crippen molar-refractivity contribution in [3.05, 3.63) is 11.9 Å². The Balaban J connectivity index is 2.17. The van der Waals surface area contributed by atoms with Crippen LogP contribution in [0.1, 0.15) is 24.6 Å². The van der Waals surface area contributed by atoms with Crippen LogP contribution >= 0.6 is 0 Å². The van der Waals surface area contributed by atoms with Gasteiger partial charge in [0.2, 0.25) is 0 Å². The fraction of sp³-hybridized carbons (Fsp3) is 0.769. The number of hydrogen-bond acceptors (Lipinski definition) is 5. The Bertz CT molecular complexity index is 399. The van der Waals surface area contributed by atoms with Crippen LogP contribution in [0.2, 0.25) is 0 Å². The van der Waals surface area contributed by atoms with Crippen LogP contribution in [0, 0.1) is 0 Å². The lowest BCUT2D eigenvalue weighted by molar-refractivity contribution is 0.0865. The van der Waals surface area contributed by atoms with E-state index < -0.39 is 0 Å². The first-order valence-electron chi connectivity index (χ1n) is 6.75. The fourth-order valence-corrected chi connectivity index (χ4v) is 2.41. The van der Waals surface area contributed by atoms with E-state index in [2.05, 4.69) is 10.00 Å². The molecule has 1 fully saturated rings. The van der Waals surface area contributed by atoms with Crippen LogP contribution in [-0.2, 0) is 11.3 Å². The summed E-state index contributed by atoms with van der Waals surface area (Å²) >= 11 is 0. The lowest BCUT2D eigenvalue weighted by Gasteiger charge is -2.21. The zero-order chi connectivity index (χ0) is 13.8. The molecule has 108 valence electrons. The molecule has 0 aliphatic carbocycles. The van der Waals surface area contributed by atoms with Crippen molar-refractivity contribution in [3.63, 3.8) is 0 Å². The van der Waals surface area contributed by atoms with Crippen LogP contribution < -0.4 is 10.5 Å². The van der Waals surface area contributed by atoms with E-state index in [4.69, 9.17) is 15.2 Å². The lowest BCUT2D eigenvalue weighted by atomic mass is 10.1. The van der Waals surface area contributed by atoms with Gasteiger partial charge in [0.25, 0.3) is 0 Å². The molecule has 0 aromatic carbocycles. The summed E-state index contributed by atoms with van der Waals surface area (Å²) in [5.41, 5.74) is 7.29. The Morgan fingerprint density at radius 1 is 1.63 bits per heavy atom. The molecule has 6 heteroatoms. The van der Waals surface area contributed by atoms with E-state index in [9.17, 15) is 0 Å². The van der Waals surface area contributed by atoms with E-state index in [1.54, 1.807) is 13.3 Å². The van der Waals surface area contributed by atoms with Gasteiger partial charge >= 0.3 is 0 Å². The van der Waals surface area contributed by atoms with Crippen molar-refractivity contribution in [1.82, 2.24) is 14.7 Å². The number of aromatic nitrogens is 2. The van der Waals surface area contributed by atoms with Crippen LogP contribution in [0.15, 0.2) is 6.20 Å². The van der Waals surface area contributed by atoms with Crippen LogP contribution in [-0.4, -0.2) is 55.1 Å². The standard InChI is InChI=1S/C13H24N4O2/c1-16(2)6-7-17-13(11(18-3)9-15-17)12(14)10-5-4-8-19-10/h9-10,12H,4-8,14H2,1-3H3. The van der Waals surface area contributed by atoms with Gasteiger partial charge in [-0.3, -0.25) is 4.68 Å². The molecule has 2 unspecified atom stereocenters. The van der Waals surface area contributed by atoms with Gasteiger partial charge < -0.3 is 20.1 Å². The van der Waals surface area contributed by atoms with Crippen LogP contribution in [0.4, 0.5) is 0 Å². The van der Waals surface area contributed by atoms with Gasteiger partial charge in [0, 0.05) is 13.2 Å². The van der Waals surface area contributed by atoms with Crippen molar-refractivity contribution in [1.29, 1.82) is 0 Å². The van der Waals surface area contributed by atoms with Crippen molar-refractivity contribution in [2.24, 2.45) is 5.73 Å². The first kappa shape index (κ1) is 14.3. The average Bonchev–Trinajstić information content (AvgIpc) is 3.04. The maximum atomic E-state index is 6.35. The number of rotatable bonds is 6. The molecule has 1 aromatic heterocycles. The largest absolute Gasteiger partial charge is 0.493 e. The highest BCUT2D eigenvalue weighted by Gasteiger charge is 2.29. The Morgan fingerprint density at radius 3 is 3.00 bits per heavy atom. The quantitative estimate of drug-likeness (QED) is 0.820. The Hall–Kier alpha value is -1.11. The molecular formula is C13H24N4O2. The zero-order valence-corrected chi connectivity index (χ0v) is 12.0. The Morgan fingerprint density at radius 2 is 2.42 bits per heavy atom. The molecule has 0 amide bonds. The average molecular weight is 268 g/mol. The maximum absolute atomic E-state index is 6.35. The van der Waals surface area contributed by atoms with E-state index >= 15 is 0 Å². The molecule has 6 nitrogen and oxygen atoms in total. The molecule has 0 radical (unpaired) electrons. The highest BCUT2D eigenvalue weighted by Crippen LogP contribution is 2.30. The van der Waals surface area contributed by atoms with Crippen LogP contribution in [0.5, 0.6) is 5.75 Å². The smallest absolute Gasteiger partial charge is 0.161 e. The summed E-state index contributed by atoms with van der Waals surface area (Å²) < 4.78 is 13.0. The third-order valence-corrected chi connectivity index (χ3v) is 3.51. The van der Waals surface area contributed by atoms with Gasteiger partial charge in [-0.15, -0.1) is 0 Å². The predicted molar refractivity (Wildman–Crippen MR) is 73.2 cm³/mol. The predicted octanol–water partition coefficient (Wildman–Crippen LogP) is 0.632. The van der Waals surface area contributed by atoms with E-state index in [0.717, 1.165) is 44.0 Å². The fourth-order valence-electron chi connectivity index (χ4n) is 2.41. The van der Waals surface area contributed by atoms with Gasteiger partial charge in [-0.05, 0) is 26.9 Å². The second-order valence-corrected chi connectivity index (χ2v) is 5.20. The summed E-state index contributed by atoms with van der Waals surface area (Å²) in [6.07, 6.45) is 3.89. The highest BCUT2D eigenvalue weighted by molar-refractivity contribution is 5.29. The molecule has 1 saturated heterocycles. The van der Waals surface area contributed by atoms with E-state index in [1.807, 2.05) is 18.8 Å². The number of nitrogens with two attached hydrogens (primary N) is 1. The first-order valence-corrected chi connectivity index (χ1v) is 6.75. The molecule has 2 rings (SSSR count). The van der Waals surface area contributed by atoms with Gasteiger partial charge in [-0.2, -0.15) is 5.10 Å². The van der Waals surface area contributed by atoms with Gasteiger partial charge in [-0.25, -0.2) is 0 Å². The maximum Gasteiger partial charge on any atom is 0.161 e. The van der Waals surface area contributed by atoms with Gasteiger partial charge in [0.1, 0.15) is 0 Å². The number of likely N-dealkylation sites (N-methyl/N-ethyl adjacent to an activating group) is 1. The SMILES string of the molecule is COc1cnn(CCN(C)C)c1C(N)C1CCCO1. The molecule has 0 spiro atoms. The Labute approximate surface area is 114 Å². The third-order valence-electron chi connectivity index (χ3n) is 3.51. The van der Waals surface area contributed by atoms with Gasteiger partial charge in [-0.1, -0.05) is 0 Å². The summed E-state index contributed by atoms with van der Waals surface area (Å²) in [4.78, 5) is 2.12. The second-order valence-electron chi connectivity index (χ2n) is 5.20. The van der Waals surface area contributed by atoms with E-state index in [0.29, 0.717) is 0 Å². The minimum atomic E-state index is -0.179. The molecule has 2 atom stereocenters. The van der Waals surface area contributed by atoms with Crippen LogP contribution in [0.3, 0.4) is 0 Å². The van der Waals surface area contributed by atoms with Crippen LogP contribution in [0.25, 0.3) is 0 Å². The number of ether oxygens (including phenoxy) is 2. The molecule has 2 N–H and O–H groups in total.